The molecule has 7 heteroatoms. The maximum Gasteiger partial charge on any atom is 0.417 e. The third-order valence-electron chi connectivity index (χ3n) is 8.00. The zero-order valence-electron chi connectivity index (χ0n) is 20.5. The van der Waals surface area contributed by atoms with Crippen LogP contribution in [0, 0.1) is 11.3 Å². The molecule has 1 amide bonds. The molecule has 0 spiro atoms. The van der Waals surface area contributed by atoms with Crippen molar-refractivity contribution in [2.45, 2.75) is 49.9 Å². The number of amides is 1. The second kappa shape index (κ2) is 9.36. The standard InChI is InChI=1S/C31H25F3N2O2/c32-31(33,34)29-16-19(12-13-20(29)17-35)21-14-22-6-5-7-23(15-21)36(22)30(37)38-18-28-26-10-3-1-8-24(26)25-9-2-4-11-27(25)28/h1-4,8-14,16,22-23,28H,5-7,15,18H2. The second-order valence-corrected chi connectivity index (χ2v) is 10.1. The van der Waals surface area contributed by atoms with Crippen LogP contribution >= 0.6 is 0 Å². The molecular formula is C31H25F3N2O2. The molecule has 0 N–H and O–H groups in total. The highest BCUT2D eigenvalue weighted by Gasteiger charge is 2.40. The Morgan fingerprint density at radius 3 is 2.32 bits per heavy atom. The number of benzene rings is 3. The van der Waals surface area contributed by atoms with Crippen molar-refractivity contribution in [1.29, 1.82) is 5.26 Å². The van der Waals surface area contributed by atoms with Gasteiger partial charge in [0.25, 0.3) is 0 Å². The van der Waals surface area contributed by atoms with Gasteiger partial charge in [-0.15, -0.1) is 0 Å². The van der Waals surface area contributed by atoms with Crippen LogP contribution in [-0.4, -0.2) is 29.7 Å². The number of nitrogens with zero attached hydrogens (tertiary/aromatic N) is 2. The second-order valence-electron chi connectivity index (χ2n) is 10.1. The van der Waals surface area contributed by atoms with E-state index in [1.807, 2.05) is 30.3 Å². The summed E-state index contributed by atoms with van der Waals surface area (Å²) in [6, 6.07) is 21.4. The highest BCUT2D eigenvalue weighted by Crippen LogP contribution is 2.45. The van der Waals surface area contributed by atoms with Crippen molar-refractivity contribution >= 4 is 11.7 Å². The monoisotopic (exact) mass is 514 g/mol. The third-order valence-corrected chi connectivity index (χ3v) is 8.00. The van der Waals surface area contributed by atoms with E-state index in [9.17, 15) is 18.0 Å². The van der Waals surface area contributed by atoms with Gasteiger partial charge in [0.1, 0.15) is 6.61 Å². The van der Waals surface area contributed by atoms with Gasteiger partial charge in [-0.1, -0.05) is 60.7 Å². The minimum Gasteiger partial charge on any atom is -0.448 e. The number of nitriles is 1. The molecule has 3 aromatic carbocycles. The van der Waals surface area contributed by atoms with Gasteiger partial charge in [-0.25, -0.2) is 4.79 Å². The summed E-state index contributed by atoms with van der Waals surface area (Å²) in [4.78, 5) is 15.2. The lowest BCUT2D eigenvalue weighted by Gasteiger charge is -2.44. The number of carbonyl (C=O) groups excluding carboxylic acids is 1. The van der Waals surface area contributed by atoms with Crippen LogP contribution in [0.25, 0.3) is 16.7 Å². The fourth-order valence-electron chi connectivity index (χ4n) is 6.27. The lowest BCUT2D eigenvalue weighted by Crippen LogP contribution is -2.51. The molecule has 1 aliphatic carbocycles. The van der Waals surface area contributed by atoms with Gasteiger partial charge in [0, 0.05) is 12.0 Å². The van der Waals surface area contributed by atoms with Crippen molar-refractivity contribution in [2.24, 2.45) is 0 Å². The largest absolute Gasteiger partial charge is 0.448 e. The van der Waals surface area contributed by atoms with Gasteiger partial charge in [0.05, 0.1) is 23.2 Å². The van der Waals surface area contributed by atoms with Crippen molar-refractivity contribution in [3.63, 3.8) is 0 Å². The number of ether oxygens (including phenoxy) is 1. The normalized spacial score (nSPS) is 20.3. The van der Waals surface area contributed by atoms with Gasteiger partial charge in [-0.2, -0.15) is 18.4 Å². The number of carbonyl (C=O) groups is 1. The Bertz CT molecular complexity index is 1440. The Morgan fingerprint density at radius 2 is 1.68 bits per heavy atom. The lowest BCUT2D eigenvalue weighted by molar-refractivity contribution is -0.137. The summed E-state index contributed by atoms with van der Waals surface area (Å²) < 4.78 is 46.5. The number of fused-ring (bicyclic) bond motifs is 5. The number of alkyl halides is 3. The minimum atomic E-state index is -4.61. The molecule has 3 aliphatic rings. The Morgan fingerprint density at radius 1 is 1.00 bits per heavy atom. The van der Waals surface area contributed by atoms with E-state index in [-0.39, 0.29) is 30.7 Å². The van der Waals surface area contributed by atoms with Crippen molar-refractivity contribution in [3.05, 3.63) is 101 Å². The highest BCUT2D eigenvalue weighted by atomic mass is 19.4. The first-order chi connectivity index (χ1) is 18.3. The van der Waals surface area contributed by atoms with Gasteiger partial charge >= 0.3 is 12.3 Å². The van der Waals surface area contributed by atoms with Crippen LogP contribution in [0.2, 0.25) is 0 Å². The average Bonchev–Trinajstić information content (AvgIpc) is 3.23. The van der Waals surface area contributed by atoms with E-state index in [1.54, 1.807) is 17.0 Å². The summed E-state index contributed by atoms with van der Waals surface area (Å²) in [6.45, 7) is 0.226. The average molecular weight is 515 g/mol. The molecule has 2 unspecified atom stereocenters. The Labute approximate surface area is 219 Å². The van der Waals surface area contributed by atoms with Crippen LogP contribution in [-0.2, 0) is 10.9 Å². The maximum absolute atomic E-state index is 13.5. The van der Waals surface area contributed by atoms with Crippen LogP contribution < -0.4 is 0 Å². The van der Waals surface area contributed by atoms with Crippen LogP contribution in [0.15, 0.2) is 72.8 Å². The van der Waals surface area contributed by atoms with Gasteiger partial charge in [-0.3, -0.25) is 4.90 Å². The molecule has 2 atom stereocenters. The molecular weight excluding hydrogens is 489 g/mol. The van der Waals surface area contributed by atoms with Crippen molar-refractivity contribution < 1.29 is 22.7 Å². The van der Waals surface area contributed by atoms with Crippen LogP contribution in [0.4, 0.5) is 18.0 Å². The first-order valence-electron chi connectivity index (χ1n) is 12.8. The maximum atomic E-state index is 13.5. The Hall–Kier alpha value is -4.05. The summed E-state index contributed by atoms with van der Waals surface area (Å²) in [5.41, 5.74) is 4.51. The number of hydrogen-bond acceptors (Lipinski definition) is 3. The molecule has 1 saturated heterocycles. The van der Waals surface area contributed by atoms with E-state index >= 15 is 0 Å². The molecule has 38 heavy (non-hydrogen) atoms. The molecule has 4 nitrogen and oxygen atoms in total. The van der Waals surface area contributed by atoms with Crippen LogP contribution in [0.1, 0.15) is 59.4 Å². The predicted molar refractivity (Wildman–Crippen MR) is 137 cm³/mol. The molecule has 1 fully saturated rings. The number of halogens is 3. The van der Waals surface area contributed by atoms with Gasteiger partial charge in [0.15, 0.2) is 0 Å². The molecule has 2 bridgehead atoms. The summed E-state index contributed by atoms with van der Waals surface area (Å²) in [5, 5.41) is 9.13. The van der Waals surface area contributed by atoms with Gasteiger partial charge in [-0.05, 0) is 71.2 Å². The van der Waals surface area contributed by atoms with E-state index in [2.05, 4.69) is 24.3 Å². The molecule has 0 aromatic heterocycles. The van der Waals surface area contributed by atoms with Crippen molar-refractivity contribution in [3.8, 4) is 17.2 Å². The molecule has 2 heterocycles. The lowest BCUT2D eigenvalue weighted by atomic mass is 9.82. The summed E-state index contributed by atoms with van der Waals surface area (Å²) in [7, 11) is 0. The van der Waals surface area contributed by atoms with E-state index in [0.717, 1.165) is 53.2 Å². The predicted octanol–water partition coefficient (Wildman–Crippen LogP) is 7.54. The van der Waals surface area contributed by atoms with Gasteiger partial charge < -0.3 is 4.74 Å². The molecule has 2 aliphatic heterocycles. The summed E-state index contributed by atoms with van der Waals surface area (Å²) >= 11 is 0. The summed E-state index contributed by atoms with van der Waals surface area (Å²) in [5.74, 6) is -0.0403. The minimum absolute atomic E-state index is 0.0403. The Balaban J connectivity index is 1.23. The molecule has 3 aromatic rings. The zero-order valence-corrected chi connectivity index (χ0v) is 20.5. The van der Waals surface area contributed by atoms with Crippen molar-refractivity contribution in [2.75, 3.05) is 6.61 Å². The number of piperidine rings is 1. The fourth-order valence-corrected chi connectivity index (χ4v) is 6.27. The highest BCUT2D eigenvalue weighted by molar-refractivity contribution is 5.79. The first kappa shape index (κ1) is 24.3. The van der Waals surface area contributed by atoms with E-state index in [0.29, 0.717) is 12.0 Å². The Kier molecular flexibility index (Phi) is 5.98. The fraction of sp³-hybridized carbons (Fsp3) is 0.290. The molecule has 0 radical (unpaired) electrons. The van der Waals surface area contributed by atoms with E-state index < -0.39 is 17.3 Å². The van der Waals surface area contributed by atoms with Gasteiger partial charge in [0.2, 0.25) is 0 Å². The molecule has 6 rings (SSSR count). The van der Waals surface area contributed by atoms with Crippen molar-refractivity contribution in [1.82, 2.24) is 4.90 Å². The van der Waals surface area contributed by atoms with E-state index in [1.165, 1.54) is 6.07 Å². The van der Waals surface area contributed by atoms with Crippen LogP contribution in [0.5, 0.6) is 0 Å². The number of rotatable bonds is 3. The summed E-state index contributed by atoms with van der Waals surface area (Å²) in [6.07, 6.45) is -0.213. The molecule has 0 saturated carbocycles. The molecule has 192 valence electrons. The number of hydrogen-bond donors (Lipinski definition) is 0. The SMILES string of the molecule is N#Cc1ccc(C2=CC3CCCC(C2)N3C(=O)OCC2c3ccccc3-c3ccccc32)cc1C(F)(F)F. The zero-order chi connectivity index (χ0) is 26.4. The smallest absolute Gasteiger partial charge is 0.417 e. The topological polar surface area (TPSA) is 53.3 Å². The third kappa shape index (κ3) is 4.14. The van der Waals surface area contributed by atoms with E-state index in [4.69, 9.17) is 10.00 Å². The van der Waals surface area contributed by atoms with Crippen LogP contribution in [0.3, 0.4) is 0 Å². The quantitative estimate of drug-likeness (QED) is 0.363. The first-order valence-corrected chi connectivity index (χ1v) is 12.8.